The molecule has 2 rings (SSSR count). The first kappa shape index (κ1) is 19.4. The van der Waals surface area contributed by atoms with E-state index in [4.69, 9.17) is 0 Å². The molecule has 0 aliphatic heterocycles. The first-order valence-corrected chi connectivity index (χ1v) is 9.45. The van der Waals surface area contributed by atoms with E-state index in [0.29, 0.717) is 23.3 Å². The number of aromatic hydroxyl groups is 2. The topological polar surface area (TPSA) is 40.5 Å². The van der Waals surface area contributed by atoms with Crippen LogP contribution in [0.15, 0.2) is 36.4 Å². The Morgan fingerprint density at radius 3 is 1.44 bits per heavy atom. The van der Waals surface area contributed by atoms with Crippen molar-refractivity contribution in [2.75, 3.05) is 0 Å². The summed E-state index contributed by atoms with van der Waals surface area (Å²) in [6, 6.07) is 12.0. The Morgan fingerprint density at radius 1 is 0.720 bits per heavy atom. The van der Waals surface area contributed by atoms with Gasteiger partial charge in [0.05, 0.1) is 0 Å². The Kier molecular flexibility index (Phi) is 6.52. The molecule has 2 aromatic rings. The fourth-order valence-electron chi connectivity index (χ4n) is 3.51. The Balaban J connectivity index is 2.39. The maximum atomic E-state index is 10.2. The third-order valence-corrected chi connectivity index (χ3v) is 4.68. The molecule has 0 aromatic heterocycles. The third-order valence-electron chi connectivity index (χ3n) is 4.68. The van der Waals surface area contributed by atoms with Gasteiger partial charge in [0.1, 0.15) is 11.5 Å². The lowest BCUT2D eigenvalue weighted by atomic mass is 9.85. The van der Waals surface area contributed by atoms with Crippen molar-refractivity contribution >= 4 is 0 Å². The van der Waals surface area contributed by atoms with E-state index in [1.807, 2.05) is 24.3 Å². The highest BCUT2D eigenvalue weighted by Crippen LogP contribution is 2.34. The van der Waals surface area contributed by atoms with Gasteiger partial charge in [-0.1, -0.05) is 58.9 Å². The molecule has 0 fully saturated rings. The molecule has 0 bridgehead atoms. The summed E-state index contributed by atoms with van der Waals surface area (Å²) in [4.78, 5) is 0. The Hall–Kier alpha value is -1.96. The molecular formula is C23H32O2. The standard InChI is InChI=1S/C23H32O2/c1-6-21(17-7-9-22(24)19(13-17)11-15(2)3)18-8-10-23(25)20(14-18)12-16(4)5/h7-10,13-16,21,24-25H,6,11-12H2,1-5H3. The average Bonchev–Trinajstić information content (AvgIpc) is 2.53. The summed E-state index contributed by atoms with van der Waals surface area (Å²) in [6.45, 7) is 10.9. The van der Waals surface area contributed by atoms with E-state index < -0.39 is 0 Å². The third kappa shape index (κ3) is 5.01. The van der Waals surface area contributed by atoms with Gasteiger partial charge in [-0.05, 0) is 65.5 Å². The zero-order valence-corrected chi connectivity index (χ0v) is 16.2. The molecule has 0 saturated carbocycles. The molecule has 0 saturated heterocycles. The van der Waals surface area contributed by atoms with Crippen LogP contribution in [-0.4, -0.2) is 10.2 Å². The summed E-state index contributed by atoms with van der Waals surface area (Å²) in [5, 5.41) is 20.3. The largest absolute Gasteiger partial charge is 0.508 e. The maximum absolute atomic E-state index is 10.2. The van der Waals surface area contributed by atoms with Crippen molar-refractivity contribution in [3.8, 4) is 11.5 Å². The molecule has 2 heteroatoms. The molecule has 2 N–H and O–H groups in total. The molecule has 0 heterocycles. The van der Waals surface area contributed by atoms with Gasteiger partial charge in [-0.15, -0.1) is 0 Å². The summed E-state index contributed by atoms with van der Waals surface area (Å²) in [5.41, 5.74) is 4.51. The van der Waals surface area contributed by atoms with Crippen LogP contribution in [0, 0.1) is 11.8 Å². The maximum Gasteiger partial charge on any atom is 0.118 e. The minimum absolute atomic E-state index is 0.276. The summed E-state index contributed by atoms with van der Waals surface area (Å²) in [5.74, 6) is 2.06. The van der Waals surface area contributed by atoms with Crippen LogP contribution in [0.5, 0.6) is 11.5 Å². The second kappa shape index (κ2) is 8.42. The van der Waals surface area contributed by atoms with Crippen molar-refractivity contribution in [2.45, 2.75) is 59.8 Å². The van der Waals surface area contributed by atoms with E-state index in [1.165, 1.54) is 11.1 Å². The van der Waals surface area contributed by atoms with E-state index in [-0.39, 0.29) is 5.92 Å². The monoisotopic (exact) mass is 340 g/mol. The zero-order chi connectivity index (χ0) is 18.6. The number of hydrogen-bond acceptors (Lipinski definition) is 2. The van der Waals surface area contributed by atoms with Crippen LogP contribution in [0.25, 0.3) is 0 Å². The molecule has 0 atom stereocenters. The van der Waals surface area contributed by atoms with Gasteiger partial charge in [-0.2, -0.15) is 0 Å². The lowest BCUT2D eigenvalue weighted by Crippen LogP contribution is -2.04. The molecule has 0 aliphatic carbocycles. The minimum atomic E-state index is 0.276. The highest BCUT2D eigenvalue weighted by molar-refractivity contribution is 5.44. The number of benzene rings is 2. The lowest BCUT2D eigenvalue weighted by molar-refractivity contribution is 0.461. The second-order valence-electron chi connectivity index (χ2n) is 7.93. The van der Waals surface area contributed by atoms with E-state index in [1.54, 1.807) is 0 Å². The summed E-state index contributed by atoms with van der Waals surface area (Å²) >= 11 is 0. The first-order chi connectivity index (χ1) is 11.8. The van der Waals surface area contributed by atoms with Crippen molar-refractivity contribution < 1.29 is 10.2 Å². The molecule has 0 radical (unpaired) electrons. The van der Waals surface area contributed by atoms with Crippen LogP contribution in [0.4, 0.5) is 0 Å². The van der Waals surface area contributed by atoms with E-state index in [2.05, 4.69) is 46.8 Å². The fraction of sp³-hybridized carbons (Fsp3) is 0.478. The van der Waals surface area contributed by atoms with Gasteiger partial charge in [-0.3, -0.25) is 0 Å². The SMILES string of the molecule is CCC(c1ccc(O)c(CC(C)C)c1)c1ccc(O)c(CC(C)C)c1. The lowest BCUT2D eigenvalue weighted by Gasteiger charge is -2.20. The zero-order valence-electron chi connectivity index (χ0n) is 16.2. The highest BCUT2D eigenvalue weighted by Gasteiger charge is 2.16. The van der Waals surface area contributed by atoms with Gasteiger partial charge in [-0.25, -0.2) is 0 Å². The van der Waals surface area contributed by atoms with Crippen LogP contribution in [0.1, 0.15) is 69.2 Å². The summed E-state index contributed by atoms with van der Waals surface area (Å²) in [6.07, 6.45) is 2.74. The molecular weight excluding hydrogens is 308 g/mol. The first-order valence-electron chi connectivity index (χ1n) is 9.45. The Bertz CT molecular complexity index is 642. The van der Waals surface area contributed by atoms with Gasteiger partial charge < -0.3 is 10.2 Å². The van der Waals surface area contributed by atoms with Crippen LogP contribution in [0.2, 0.25) is 0 Å². The summed E-state index contributed by atoms with van der Waals surface area (Å²) < 4.78 is 0. The molecule has 2 nitrogen and oxygen atoms in total. The number of phenols is 2. The van der Waals surface area contributed by atoms with Crippen LogP contribution < -0.4 is 0 Å². The average molecular weight is 341 g/mol. The number of phenolic OH excluding ortho intramolecular Hbond substituents is 2. The smallest absolute Gasteiger partial charge is 0.118 e. The molecule has 0 amide bonds. The molecule has 0 unspecified atom stereocenters. The molecule has 2 aromatic carbocycles. The Morgan fingerprint density at radius 2 is 1.12 bits per heavy atom. The van der Waals surface area contributed by atoms with Crippen LogP contribution >= 0.6 is 0 Å². The van der Waals surface area contributed by atoms with E-state index in [9.17, 15) is 10.2 Å². The van der Waals surface area contributed by atoms with Crippen LogP contribution in [-0.2, 0) is 12.8 Å². The van der Waals surface area contributed by atoms with Crippen molar-refractivity contribution in [2.24, 2.45) is 11.8 Å². The van der Waals surface area contributed by atoms with Gasteiger partial charge in [0, 0.05) is 5.92 Å². The van der Waals surface area contributed by atoms with Crippen molar-refractivity contribution in [3.05, 3.63) is 58.7 Å². The number of hydrogen-bond donors (Lipinski definition) is 2. The predicted octanol–water partition coefficient (Wildman–Crippen LogP) is 6.04. The minimum Gasteiger partial charge on any atom is -0.508 e. The quantitative estimate of drug-likeness (QED) is 0.645. The fourth-order valence-corrected chi connectivity index (χ4v) is 3.51. The molecule has 0 aliphatic rings. The normalized spacial score (nSPS) is 11.7. The second-order valence-corrected chi connectivity index (χ2v) is 7.93. The Labute approximate surface area is 152 Å². The van der Waals surface area contributed by atoms with Crippen LogP contribution in [0.3, 0.4) is 0 Å². The predicted molar refractivity (Wildman–Crippen MR) is 105 cm³/mol. The highest BCUT2D eigenvalue weighted by atomic mass is 16.3. The van der Waals surface area contributed by atoms with Gasteiger partial charge in [0.25, 0.3) is 0 Å². The van der Waals surface area contributed by atoms with Gasteiger partial charge >= 0.3 is 0 Å². The number of rotatable bonds is 7. The van der Waals surface area contributed by atoms with Crippen molar-refractivity contribution in [1.82, 2.24) is 0 Å². The van der Waals surface area contributed by atoms with E-state index in [0.717, 1.165) is 30.4 Å². The van der Waals surface area contributed by atoms with Crippen molar-refractivity contribution in [1.29, 1.82) is 0 Å². The molecule has 0 spiro atoms. The van der Waals surface area contributed by atoms with E-state index >= 15 is 0 Å². The van der Waals surface area contributed by atoms with Gasteiger partial charge in [0.15, 0.2) is 0 Å². The van der Waals surface area contributed by atoms with Crippen molar-refractivity contribution in [3.63, 3.8) is 0 Å². The molecule has 25 heavy (non-hydrogen) atoms. The molecule has 136 valence electrons. The summed E-state index contributed by atoms with van der Waals surface area (Å²) in [7, 11) is 0. The van der Waals surface area contributed by atoms with Gasteiger partial charge in [0.2, 0.25) is 0 Å².